The van der Waals surface area contributed by atoms with Crippen LogP contribution in [0.5, 0.6) is 0 Å². The molecule has 0 unspecified atom stereocenters. The van der Waals surface area contributed by atoms with E-state index >= 15 is 0 Å². The van der Waals surface area contributed by atoms with E-state index in [1.807, 2.05) is 36.4 Å². The SMILES string of the molecule is CC(C)(C)[Si](O[C@@H]1C[C@@H](C=O)N(C(=O)Cn2ccc(=O)[nH]c2=O)C1)(c1ccccc1)c1ccccc1. The van der Waals surface area contributed by atoms with Crippen molar-refractivity contribution in [2.24, 2.45) is 0 Å². The fourth-order valence-electron chi connectivity index (χ4n) is 5.07. The van der Waals surface area contributed by atoms with Gasteiger partial charge in [0.1, 0.15) is 12.8 Å². The summed E-state index contributed by atoms with van der Waals surface area (Å²) in [6, 6.07) is 20.9. The summed E-state index contributed by atoms with van der Waals surface area (Å²) in [5.41, 5.74) is -1.20. The minimum absolute atomic E-state index is 0.241. The van der Waals surface area contributed by atoms with Gasteiger partial charge in [-0.1, -0.05) is 81.4 Å². The van der Waals surface area contributed by atoms with E-state index < -0.39 is 25.6 Å². The average Bonchev–Trinajstić information content (AvgIpc) is 3.27. The number of carbonyl (C=O) groups excluding carboxylic acids is 2. The average molecular weight is 506 g/mol. The molecule has 9 heteroatoms. The second-order valence-corrected chi connectivity index (χ2v) is 14.4. The van der Waals surface area contributed by atoms with Crippen molar-refractivity contribution in [1.29, 1.82) is 0 Å². The van der Waals surface area contributed by atoms with Gasteiger partial charge in [-0.05, 0) is 15.4 Å². The number of H-pyrrole nitrogens is 1. The number of aromatic amines is 1. The van der Waals surface area contributed by atoms with Crippen LogP contribution in [-0.4, -0.2) is 53.7 Å². The lowest BCUT2D eigenvalue weighted by atomic mass is 10.2. The standard InChI is InChI=1S/C27H31N3O5Si/c1-27(2,3)36(22-10-6-4-7-11-22,23-12-8-5-9-13-23)35-21-16-20(19-31)30(17-21)25(33)18-29-15-14-24(32)28-26(29)34/h4-15,19-21H,16-18H2,1-3H3,(H,28,32,34)/t20-,21+/m0/s1. The van der Waals surface area contributed by atoms with Crippen LogP contribution in [-0.2, 0) is 20.6 Å². The zero-order valence-corrected chi connectivity index (χ0v) is 21.7. The Kier molecular flexibility index (Phi) is 7.23. The molecule has 1 aliphatic rings. The number of aldehydes is 1. The minimum atomic E-state index is -2.86. The van der Waals surface area contributed by atoms with Gasteiger partial charge in [0.25, 0.3) is 13.9 Å². The van der Waals surface area contributed by atoms with Crippen LogP contribution >= 0.6 is 0 Å². The molecule has 3 aromatic rings. The second-order valence-electron chi connectivity index (χ2n) is 10.1. The maximum Gasteiger partial charge on any atom is 0.328 e. The highest BCUT2D eigenvalue weighted by molar-refractivity contribution is 6.99. The first-order valence-electron chi connectivity index (χ1n) is 12.0. The van der Waals surface area contributed by atoms with Crippen molar-refractivity contribution in [3.8, 4) is 0 Å². The van der Waals surface area contributed by atoms with E-state index in [1.54, 1.807) is 0 Å². The van der Waals surface area contributed by atoms with Crippen molar-refractivity contribution in [3.05, 3.63) is 93.8 Å². The molecule has 0 bridgehead atoms. The van der Waals surface area contributed by atoms with Crippen LogP contribution in [0.4, 0.5) is 0 Å². The Morgan fingerprint density at radius 1 is 1.03 bits per heavy atom. The molecule has 0 aliphatic carbocycles. The molecule has 1 aliphatic heterocycles. The molecule has 1 fully saturated rings. The van der Waals surface area contributed by atoms with Gasteiger partial charge in [-0.2, -0.15) is 0 Å². The summed E-state index contributed by atoms with van der Waals surface area (Å²) in [7, 11) is -2.86. The Hall–Kier alpha value is -3.56. The van der Waals surface area contributed by atoms with E-state index in [9.17, 15) is 19.2 Å². The van der Waals surface area contributed by atoms with Gasteiger partial charge in [-0.3, -0.25) is 19.1 Å². The molecule has 2 aromatic carbocycles. The van der Waals surface area contributed by atoms with Gasteiger partial charge in [0.15, 0.2) is 0 Å². The van der Waals surface area contributed by atoms with E-state index in [1.165, 1.54) is 17.2 Å². The molecule has 2 atom stereocenters. The van der Waals surface area contributed by atoms with Crippen LogP contribution in [0, 0.1) is 0 Å². The molecule has 36 heavy (non-hydrogen) atoms. The third-order valence-electron chi connectivity index (χ3n) is 6.75. The number of nitrogens with zero attached hydrogens (tertiary/aromatic N) is 2. The van der Waals surface area contributed by atoms with Crippen molar-refractivity contribution >= 4 is 30.9 Å². The largest absolute Gasteiger partial charge is 0.403 e. The van der Waals surface area contributed by atoms with Crippen LogP contribution in [0.1, 0.15) is 27.2 Å². The molecule has 4 rings (SSSR count). The van der Waals surface area contributed by atoms with Crippen molar-refractivity contribution in [1.82, 2.24) is 14.5 Å². The fraction of sp³-hybridized carbons (Fsp3) is 0.333. The third kappa shape index (κ3) is 4.89. The van der Waals surface area contributed by atoms with Gasteiger partial charge in [0.2, 0.25) is 5.91 Å². The smallest absolute Gasteiger partial charge is 0.328 e. The summed E-state index contributed by atoms with van der Waals surface area (Å²) < 4.78 is 8.23. The lowest BCUT2D eigenvalue weighted by Crippen LogP contribution is -2.67. The van der Waals surface area contributed by atoms with Gasteiger partial charge < -0.3 is 14.1 Å². The zero-order valence-electron chi connectivity index (χ0n) is 20.7. The van der Waals surface area contributed by atoms with Crippen LogP contribution in [0.3, 0.4) is 0 Å². The Morgan fingerprint density at radius 2 is 1.61 bits per heavy atom. The molecule has 1 amide bonds. The van der Waals surface area contributed by atoms with Crippen LogP contribution < -0.4 is 21.6 Å². The molecule has 0 spiro atoms. The Balaban J connectivity index is 1.67. The van der Waals surface area contributed by atoms with E-state index in [0.717, 1.165) is 21.2 Å². The number of likely N-dealkylation sites (tertiary alicyclic amines) is 1. The number of hydrogen-bond donors (Lipinski definition) is 1. The topological polar surface area (TPSA) is 101 Å². The highest BCUT2D eigenvalue weighted by atomic mass is 28.4. The number of hydrogen-bond acceptors (Lipinski definition) is 5. The highest BCUT2D eigenvalue weighted by Crippen LogP contribution is 2.39. The van der Waals surface area contributed by atoms with E-state index in [0.29, 0.717) is 6.42 Å². The maximum absolute atomic E-state index is 13.1. The molecular formula is C27H31N3O5Si. The number of aromatic nitrogens is 2. The highest BCUT2D eigenvalue weighted by Gasteiger charge is 2.53. The van der Waals surface area contributed by atoms with Gasteiger partial charge in [0.05, 0.1) is 12.1 Å². The molecule has 2 heterocycles. The number of amides is 1. The summed E-state index contributed by atoms with van der Waals surface area (Å²) >= 11 is 0. The molecule has 0 radical (unpaired) electrons. The Morgan fingerprint density at radius 3 is 2.11 bits per heavy atom. The third-order valence-corrected chi connectivity index (χ3v) is 11.8. The molecule has 188 valence electrons. The fourth-order valence-corrected chi connectivity index (χ4v) is 9.76. The number of benzene rings is 2. The van der Waals surface area contributed by atoms with E-state index in [4.69, 9.17) is 4.43 Å². The van der Waals surface area contributed by atoms with Gasteiger partial charge >= 0.3 is 5.69 Å². The molecule has 1 N–H and O–H groups in total. The molecule has 1 aromatic heterocycles. The van der Waals surface area contributed by atoms with E-state index in [-0.39, 0.29) is 30.1 Å². The molecule has 0 saturated carbocycles. The van der Waals surface area contributed by atoms with Crippen molar-refractivity contribution in [2.45, 2.75) is 50.9 Å². The summed E-state index contributed by atoms with van der Waals surface area (Å²) in [5, 5.41) is 2.00. The summed E-state index contributed by atoms with van der Waals surface area (Å²) in [5.74, 6) is -0.380. The predicted molar refractivity (Wildman–Crippen MR) is 140 cm³/mol. The van der Waals surface area contributed by atoms with Crippen molar-refractivity contribution in [3.63, 3.8) is 0 Å². The number of rotatable bonds is 7. The van der Waals surface area contributed by atoms with Crippen LogP contribution in [0.2, 0.25) is 5.04 Å². The summed E-state index contributed by atoms with van der Waals surface area (Å²) in [6.07, 6.45) is 2.06. The predicted octanol–water partition coefficient (Wildman–Crippen LogP) is 1.28. The lowest BCUT2D eigenvalue weighted by Gasteiger charge is -2.44. The molecular weight excluding hydrogens is 474 g/mol. The second kappa shape index (κ2) is 10.2. The number of nitrogens with one attached hydrogen (secondary N) is 1. The number of carbonyl (C=O) groups is 2. The molecule has 8 nitrogen and oxygen atoms in total. The minimum Gasteiger partial charge on any atom is -0.403 e. The van der Waals surface area contributed by atoms with Crippen LogP contribution in [0.15, 0.2) is 82.5 Å². The monoisotopic (exact) mass is 505 g/mol. The summed E-state index contributed by atoms with van der Waals surface area (Å²) in [6.45, 7) is 6.50. The van der Waals surface area contributed by atoms with Crippen molar-refractivity contribution in [2.75, 3.05) is 6.54 Å². The van der Waals surface area contributed by atoms with Crippen LogP contribution in [0.25, 0.3) is 0 Å². The Labute approximate surface area is 210 Å². The normalized spacial score (nSPS) is 18.2. The first kappa shape index (κ1) is 25.5. The maximum atomic E-state index is 13.1. The Bertz CT molecular complexity index is 1290. The van der Waals surface area contributed by atoms with E-state index in [2.05, 4.69) is 50.0 Å². The van der Waals surface area contributed by atoms with Crippen molar-refractivity contribution < 1.29 is 14.0 Å². The van der Waals surface area contributed by atoms with Gasteiger partial charge in [0, 0.05) is 25.2 Å². The first-order valence-corrected chi connectivity index (χ1v) is 13.9. The quantitative estimate of drug-likeness (QED) is 0.385. The van der Waals surface area contributed by atoms with Gasteiger partial charge in [-0.15, -0.1) is 0 Å². The summed E-state index contributed by atoms with van der Waals surface area (Å²) in [4.78, 5) is 52.2. The molecule has 1 saturated heterocycles. The first-order chi connectivity index (χ1) is 17.2. The zero-order chi connectivity index (χ0) is 25.9. The lowest BCUT2D eigenvalue weighted by molar-refractivity contribution is -0.135. The van der Waals surface area contributed by atoms with Gasteiger partial charge in [-0.25, -0.2) is 4.79 Å².